The minimum Gasteiger partial charge on any atom is -0.493 e. The van der Waals surface area contributed by atoms with E-state index in [1.54, 1.807) is 7.11 Å². The molecule has 0 heterocycles. The number of benzene rings is 2. The molecule has 0 radical (unpaired) electrons. The summed E-state index contributed by atoms with van der Waals surface area (Å²) in [7, 11) is 1.63. The molecule has 0 aliphatic heterocycles. The molecule has 0 aliphatic rings. The predicted octanol–water partition coefficient (Wildman–Crippen LogP) is 3.34. The molecule has 0 aliphatic carbocycles. The molecular formula is C15H16INO2. The zero-order valence-corrected chi connectivity index (χ0v) is 12.9. The third kappa shape index (κ3) is 3.84. The van der Waals surface area contributed by atoms with E-state index in [1.165, 1.54) is 3.57 Å². The van der Waals surface area contributed by atoms with Gasteiger partial charge in [0, 0.05) is 10.1 Å². The number of halogens is 1. The molecule has 0 aromatic heterocycles. The van der Waals surface area contributed by atoms with Gasteiger partial charge in [-0.2, -0.15) is 0 Å². The van der Waals surface area contributed by atoms with E-state index in [2.05, 4.69) is 46.9 Å². The Morgan fingerprint density at radius 2 is 1.68 bits per heavy atom. The molecular weight excluding hydrogens is 353 g/mol. The van der Waals surface area contributed by atoms with Gasteiger partial charge in [-0.25, -0.2) is 0 Å². The van der Waals surface area contributed by atoms with Gasteiger partial charge in [-0.15, -0.1) is 0 Å². The van der Waals surface area contributed by atoms with Crippen LogP contribution >= 0.6 is 22.6 Å². The van der Waals surface area contributed by atoms with Crippen LogP contribution < -0.4 is 15.2 Å². The molecule has 3 nitrogen and oxygen atoms in total. The SMILES string of the molecule is COc1ccc(CN)cc1OCc1ccc(I)cc1. The van der Waals surface area contributed by atoms with Crippen molar-refractivity contribution in [3.8, 4) is 11.5 Å². The van der Waals surface area contributed by atoms with Gasteiger partial charge in [0.1, 0.15) is 6.61 Å². The molecule has 2 aromatic carbocycles. The van der Waals surface area contributed by atoms with Crippen molar-refractivity contribution in [1.82, 2.24) is 0 Å². The molecule has 2 aromatic rings. The number of nitrogens with two attached hydrogens (primary N) is 1. The van der Waals surface area contributed by atoms with Crippen LogP contribution in [0.3, 0.4) is 0 Å². The highest BCUT2D eigenvalue weighted by molar-refractivity contribution is 14.1. The number of rotatable bonds is 5. The highest BCUT2D eigenvalue weighted by Gasteiger charge is 2.05. The standard InChI is InChI=1S/C15H16INO2/c1-18-14-7-4-12(9-17)8-15(14)19-10-11-2-5-13(16)6-3-11/h2-8H,9-10,17H2,1H3. The van der Waals surface area contributed by atoms with E-state index in [-0.39, 0.29) is 0 Å². The summed E-state index contributed by atoms with van der Waals surface area (Å²) in [6.45, 7) is 1.01. The summed E-state index contributed by atoms with van der Waals surface area (Å²) in [5.41, 5.74) is 7.79. The van der Waals surface area contributed by atoms with Crippen molar-refractivity contribution in [3.63, 3.8) is 0 Å². The summed E-state index contributed by atoms with van der Waals surface area (Å²) >= 11 is 2.28. The van der Waals surface area contributed by atoms with Gasteiger partial charge in [0.2, 0.25) is 0 Å². The average molecular weight is 369 g/mol. The van der Waals surface area contributed by atoms with Crippen LogP contribution in [0.25, 0.3) is 0 Å². The van der Waals surface area contributed by atoms with Crippen LogP contribution in [0.2, 0.25) is 0 Å². The first-order valence-corrected chi connectivity index (χ1v) is 7.05. The monoisotopic (exact) mass is 369 g/mol. The Hall–Kier alpha value is -1.27. The first kappa shape index (κ1) is 14.1. The highest BCUT2D eigenvalue weighted by Crippen LogP contribution is 2.28. The summed E-state index contributed by atoms with van der Waals surface area (Å²) in [6, 6.07) is 14.0. The highest BCUT2D eigenvalue weighted by atomic mass is 127. The molecule has 2 rings (SSSR count). The van der Waals surface area contributed by atoms with Crippen LogP contribution in [0.1, 0.15) is 11.1 Å². The lowest BCUT2D eigenvalue weighted by Crippen LogP contribution is -2.01. The summed E-state index contributed by atoms with van der Waals surface area (Å²) in [6.07, 6.45) is 0. The molecule has 0 bridgehead atoms. The fourth-order valence-corrected chi connectivity index (χ4v) is 2.06. The van der Waals surface area contributed by atoms with E-state index in [9.17, 15) is 0 Å². The predicted molar refractivity (Wildman–Crippen MR) is 84.4 cm³/mol. The number of methoxy groups -OCH3 is 1. The van der Waals surface area contributed by atoms with Crippen LogP contribution in [0.5, 0.6) is 11.5 Å². The first-order chi connectivity index (χ1) is 9.22. The maximum absolute atomic E-state index is 5.81. The fourth-order valence-electron chi connectivity index (χ4n) is 1.70. The van der Waals surface area contributed by atoms with Crippen LogP contribution in [-0.2, 0) is 13.2 Å². The van der Waals surface area contributed by atoms with Crippen LogP contribution in [0.15, 0.2) is 42.5 Å². The van der Waals surface area contributed by atoms with Crippen molar-refractivity contribution in [1.29, 1.82) is 0 Å². The van der Waals surface area contributed by atoms with Gasteiger partial charge >= 0.3 is 0 Å². The second kappa shape index (κ2) is 6.77. The van der Waals surface area contributed by atoms with Crippen molar-refractivity contribution < 1.29 is 9.47 Å². The third-order valence-corrected chi connectivity index (χ3v) is 3.49. The number of hydrogen-bond donors (Lipinski definition) is 1. The minimum atomic E-state index is 0.490. The van der Waals surface area contributed by atoms with Crippen LogP contribution in [0, 0.1) is 3.57 Å². The number of hydrogen-bond acceptors (Lipinski definition) is 3. The van der Waals surface area contributed by atoms with Gasteiger partial charge < -0.3 is 15.2 Å². The lowest BCUT2D eigenvalue weighted by Gasteiger charge is -2.12. The molecule has 0 unspecified atom stereocenters. The molecule has 0 atom stereocenters. The molecule has 0 spiro atoms. The summed E-state index contributed by atoms with van der Waals surface area (Å²) in [4.78, 5) is 0. The van der Waals surface area contributed by atoms with E-state index in [0.717, 1.165) is 22.6 Å². The molecule has 0 saturated carbocycles. The van der Waals surface area contributed by atoms with Gasteiger partial charge in [-0.3, -0.25) is 0 Å². The van der Waals surface area contributed by atoms with Gasteiger partial charge in [0.05, 0.1) is 7.11 Å². The lowest BCUT2D eigenvalue weighted by atomic mass is 10.2. The average Bonchev–Trinajstić information content (AvgIpc) is 2.46. The smallest absolute Gasteiger partial charge is 0.161 e. The lowest BCUT2D eigenvalue weighted by molar-refractivity contribution is 0.284. The summed E-state index contributed by atoms with van der Waals surface area (Å²) in [5, 5.41) is 0. The maximum Gasteiger partial charge on any atom is 0.161 e. The Labute approximate surface area is 126 Å². The van der Waals surface area contributed by atoms with Crippen molar-refractivity contribution in [3.05, 3.63) is 57.2 Å². The zero-order valence-electron chi connectivity index (χ0n) is 10.7. The van der Waals surface area contributed by atoms with Gasteiger partial charge in [-0.1, -0.05) is 18.2 Å². The van der Waals surface area contributed by atoms with Crippen molar-refractivity contribution in [2.45, 2.75) is 13.2 Å². The normalized spacial score (nSPS) is 10.3. The topological polar surface area (TPSA) is 44.5 Å². The molecule has 0 amide bonds. The summed E-state index contributed by atoms with van der Waals surface area (Å²) < 4.78 is 12.3. The van der Waals surface area contributed by atoms with Crippen molar-refractivity contribution in [2.75, 3.05) is 7.11 Å². The van der Waals surface area contributed by atoms with Gasteiger partial charge in [-0.05, 0) is 58.0 Å². The van der Waals surface area contributed by atoms with E-state index in [1.807, 2.05) is 18.2 Å². The minimum absolute atomic E-state index is 0.490. The van der Waals surface area contributed by atoms with E-state index in [4.69, 9.17) is 15.2 Å². The Balaban J connectivity index is 2.11. The molecule has 19 heavy (non-hydrogen) atoms. The second-order valence-corrected chi connectivity index (χ2v) is 5.35. The Morgan fingerprint density at radius 3 is 2.32 bits per heavy atom. The molecule has 0 saturated heterocycles. The Bertz CT molecular complexity index is 540. The van der Waals surface area contributed by atoms with Crippen molar-refractivity contribution >= 4 is 22.6 Å². The van der Waals surface area contributed by atoms with Crippen LogP contribution in [0.4, 0.5) is 0 Å². The summed E-state index contributed by atoms with van der Waals surface area (Å²) in [5.74, 6) is 1.45. The zero-order chi connectivity index (χ0) is 13.7. The molecule has 0 fully saturated rings. The molecule has 100 valence electrons. The van der Waals surface area contributed by atoms with E-state index >= 15 is 0 Å². The first-order valence-electron chi connectivity index (χ1n) is 5.97. The van der Waals surface area contributed by atoms with Crippen LogP contribution in [-0.4, -0.2) is 7.11 Å². The molecule has 4 heteroatoms. The Kier molecular flexibility index (Phi) is 5.04. The molecule has 2 N–H and O–H groups in total. The van der Waals surface area contributed by atoms with E-state index in [0.29, 0.717) is 13.2 Å². The van der Waals surface area contributed by atoms with Gasteiger partial charge in [0.15, 0.2) is 11.5 Å². The van der Waals surface area contributed by atoms with E-state index < -0.39 is 0 Å². The van der Waals surface area contributed by atoms with Gasteiger partial charge in [0.25, 0.3) is 0 Å². The quantitative estimate of drug-likeness (QED) is 0.823. The number of ether oxygens (including phenoxy) is 2. The Morgan fingerprint density at radius 1 is 1.00 bits per heavy atom. The largest absolute Gasteiger partial charge is 0.493 e. The maximum atomic E-state index is 5.81. The second-order valence-electron chi connectivity index (χ2n) is 4.10. The fraction of sp³-hybridized carbons (Fsp3) is 0.200. The van der Waals surface area contributed by atoms with Crippen molar-refractivity contribution in [2.24, 2.45) is 5.73 Å². The third-order valence-electron chi connectivity index (χ3n) is 2.77.